The molecule has 2 saturated heterocycles. The van der Waals surface area contributed by atoms with Crippen LogP contribution in [-0.2, 0) is 16.8 Å². The first-order chi connectivity index (χ1) is 11.9. The molecule has 0 bridgehead atoms. The van der Waals surface area contributed by atoms with E-state index in [2.05, 4.69) is 47.7 Å². The summed E-state index contributed by atoms with van der Waals surface area (Å²) in [6.45, 7) is 8.39. The lowest BCUT2D eigenvalue weighted by Crippen LogP contribution is -2.52. The molecule has 3 rings (SSSR count). The van der Waals surface area contributed by atoms with Gasteiger partial charge in [-0.3, -0.25) is 4.90 Å². The third kappa shape index (κ3) is 5.26. The highest BCUT2D eigenvalue weighted by Gasteiger charge is 2.32. The van der Waals surface area contributed by atoms with Gasteiger partial charge in [-0.15, -0.1) is 0 Å². The Kier molecular flexibility index (Phi) is 6.15. The van der Waals surface area contributed by atoms with Crippen LogP contribution in [-0.4, -0.2) is 49.8 Å². The maximum absolute atomic E-state index is 12.7. The first kappa shape index (κ1) is 18.8. The Morgan fingerprint density at radius 2 is 1.64 bits per heavy atom. The lowest BCUT2D eigenvalue weighted by Gasteiger charge is -2.37. The maximum atomic E-state index is 12.7. The zero-order chi connectivity index (χ0) is 17.9. The van der Waals surface area contributed by atoms with Crippen molar-refractivity contribution in [3.05, 3.63) is 35.9 Å². The third-order valence-corrected chi connectivity index (χ3v) is 6.94. The Labute approximate surface area is 152 Å². The van der Waals surface area contributed by atoms with E-state index in [9.17, 15) is 8.42 Å². The molecule has 1 aromatic carbocycles. The molecule has 0 spiro atoms. The highest BCUT2D eigenvalue weighted by atomic mass is 32.2. The molecular weight excluding hydrogens is 334 g/mol. The average Bonchev–Trinajstić information content (AvgIpc) is 2.56. The number of rotatable bonds is 5. The lowest BCUT2D eigenvalue weighted by atomic mass is 9.94. The predicted molar refractivity (Wildman–Crippen MR) is 101 cm³/mol. The minimum Gasteiger partial charge on any atom is -0.299 e. The smallest absolute Gasteiger partial charge is 0.279 e. The van der Waals surface area contributed by atoms with Gasteiger partial charge in [0, 0.05) is 38.8 Å². The standard InChI is InChI=1S/C19H31N3O2S/c1-16-12-17(2)14-22(13-16)25(23,24)20-19-8-10-21(11-9-19)15-18-6-4-3-5-7-18/h3-7,16-17,19-20H,8-15H2,1-2H3/t16-,17-/m1/s1. The summed E-state index contributed by atoms with van der Waals surface area (Å²) in [5, 5.41) is 0. The number of hydrogen-bond donors (Lipinski definition) is 1. The van der Waals surface area contributed by atoms with Crippen LogP contribution in [0.25, 0.3) is 0 Å². The molecule has 25 heavy (non-hydrogen) atoms. The minimum absolute atomic E-state index is 0.0598. The summed E-state index contributed by atoms with van der Waals surface area (Å²) >= 11 is 0. The molecule has 140 valence electrons. The topological polar surface area (TPSA) is 52.7 Å². The van der Waals surface area contributed by atoms with E-state index in [1.165, 1.54) is 5.56 Å². The first-order valence-electron chi connectivity index (χ1n) is 9.46. The Morgan fingerprint density at radius 1 is 1.04 bits per heavy atom. The van der Waals surface area contributed by atoms with E-state index in [-0.39, 0.29) is 6.04 Å². The van der Waals surface area contributed by atoms with E-state index < -0.39 is 10.2 Å². The molecule has 2 heterocycles. The van der Waals surface area contributed by atoms with Gasteiger partial charge in [0.25, 0.3) is 10.2 Å². The normalized spacial score (nSPS) is 27.4. The van der Waals surface area contributed by atoms with E-state index in [4.69, 9.17) is 0 Å². The second kappa shape index (κ2) is 8.16. The van der Waals surface area contributed by atoms with Crippen LogP contribution < -0.4 is 4.72 Å². The van der Waals surface area contributed by atoms with E-state index in [1.54, 1.807) is 4.31 Å². The van der Waals surface area contributed by atoms with Gasteiger partial charge in [-0.25, -0.2) is 0 Å². The summed E-state index contributed by atoms with van der Waals surface area (Å²) in [6.07, 6.45) is 2.87. The van der Waals surface area contributed by atoms with Gasteiger partial charge in [0.05, 0.1) is 0 Å². The minimum atomic E-state index is -3.36. The molecule has 2 atom stereocenters. The van der Waals surface area contributed by atoms with Gasteiger partial charge in [-0.1, -0.05) is 44.2 Å². The molecule has 0 aliphatic carbocycles. The third-order valence-electron chi connectivity index (χ3n) is 5.33. The molecule has 0 amide bonds. The highest BCUT2D eigenvalue weighted by Crippen LogP contribution is 2.23. The van der Waals surface area contributed by atoms with E-state index >= 15 is 0 Å². The van der Waals surface area contributed by atoms with Gasteiger partial charge < -0.3 is 0 Å². The zero-order valence-corrected chi connectivity index (χ0v) is 16.2. The molecule has 0 radical (unpaired) electrons. The van der Waals surface area contributed by atoms with Crippen molar-refractivity contribution in [2.24, 2.45) is 11.8 Å². The number of benzene rings is 1. The van der Waals surface area contributed by atoms with Gasteiger partial charge >= 0.3 is 0 Å². The fraction of sp³-hybridized carbons (Fsp3) is 0.684. The van der Waals surface area contributed by atoms with Crippen LogP contribution in [0.4, 0.5) is 0 Å². The fourth-order valence-corrected chi connectivity index (χ4v) is 5.85. The molecule has 0 aromatic heterocycles. The van der Waals surface area contributed by atoms with Crippen LogP contribution in [0.2, 0.25) is 0 Å². The number of piperidine rings is 2. The van der Waals surface area contributed by atoms with Crippen molar-refractivity contribution in [2.75, 3.05) is 26.2 Å². The van der Waals surface area contributed by atoms with Crippen molar-refractivity contribution in [3.63, 3.8) is 0 Å². The number of nitrogens with zero attached hydrogens (tertiary/aromatic N) is 2. The summed E-state index contributed by atoms with van der Waals surface area (Å²) in [5.74, 6) is 0.876. The van der Waals surface area contributed by atoms with Gasteiger partial charge in [0.1, 0.15) is 0 Å². The van der Waals surface area contributed by atoms with Gasteiger partial charge in [-0.05, 0) is 36.7 Å². The van der Waals surface area contributed by atoms with Crippen LogP contribution in [0.15, 0.2) is 30.3 Å². The number of hydrogen-bond acceptors (Lipinski definition) is 3. The van der Waals surface area contributed by atoms with E-state index in [0.717, 1.165) is 38.9 Å². The van der Waals surface area contributed by atoms with Crippen molar-refractivity contribution in [1.82, 2.24) is 13.9 Å². The second-order valence-electron chi connectivity index (χ2n) is 7.92. The largest absolute Gasteiger partial charge is 0.299 e. The molecular formula is C19H31N3O2S. The van der Waals surface area contributed by atoms with Gasteiger partial charge in [0.2, 0.25) is 0 Å². The van der Waals surface area contributed by atoms with Gasteiger partial charge in [-0.2, -0.15) is 17.4 Å². The predicted octanol–water partition coefficient (Wildman–Crippen LogP) is 2.46. The summed E-state index contributed by atoms with van der Waals surface area (Å²) in [6, 6.07) is 10.5. The molecule has 1 aromatic rings. The van der Waals surface area contributed by atoms with Crippen molar-refractivity contribution in [1.29, 1.82) is 0 Å². The average molecular weight is 366 g/mol. The van der Waals surface area contributed by atoms with Crippen molar-refractivity contribution in [3.8, 4) is 0 Å². The SMILES string of the molecule is C[C@@H]1C[C@@H](C)CN(S(=O)(=O)NC2CCN(Cc3ccccc3)CC2)C1. The van der Waals surface area contributed by atoms with Crippen molar-refractivity contribution in [2.45, 2.75) is 45.7 Å². The molecule has 6 heteroatoms. The van der Waals surface area contributed by atoms with Gasteiger partial charge in [0.15, 0.2) is 0 Å². The fourth-order valence-electron chi connectivity index (χ4n) is 4.14. The van der Waals surface area contributed by atoms with E-state index in [1.807, 2.05) is 6.07 Å². The van der Waals surface area contributed by atoms with Crippen molar-refractivity contribution < 1.29 is 8.42 Å². The Hall–Kier alpha value is -0.950. The second-order valence-corrected chi connectivity index (χ2v) is 9.62. The Balaban J connectivity index is 1.49. The Morgan fingerprint density at radius 3 is 2.24 bits per heavy atom. The van der Waals surface area contributed by atoms with Crippen molar-refractivity contribution >= 4 is 10.2 Å². The molecule has 0 saturated carbocycles. The van der Waals surface area contributed by atoms with Crippen LogP contribution in [0.1, 0.15) is 38.7 Å². The summed E-state index contributed by atoms with van der Waals surface area (Å²) in [4.78, 5) is 2.41. The molecule has 2 aliphatic heterocycles. The lowest BCUT2D eigenvalue weighted by molar-refractivity contribution is 0.193. The monoisotopic (exact) mass is 365 g/mol. The summed E-state index contributed by atoms with van der Waals surface area (Å²) in [5.41, 5.74) is 1.32. The summed E-state index contributed by atoms with van der Waals surface area (Å²) < 4.78 is 30.1. The van der Waals surface area contributed by atoms with Crippen LogP contribution in [0.3, 0.4) is 0 Å². The molecule has 5 nitrogen and oxygen atoms in total. The quantitative estimate of drug-likeness (QED) is 0.872. The first-order valence-corrected chi connectivity index (χ1v) is 10.9. The Bertz CT molecular complexity index is 632. The van der Waals surface area contributed by atoms with Crippen LogP contribution in [0, 0.1) is 11.8 Å². The zero-order valence-electron chi connectivity index (χ0n) is 15.4. The molecule has 2 fully saturated rings. The molecule has 0 unspecified atom stereocenters. The number of nitrogens with one attached hydrogen (secondary N) is 1. The van der Waals surface area contributed by atoms with Crippen LogP contribution >= 0.6 is 0 Å². The van der Waals surface area contributed by atoms with Crippen LogP contribution in [0.5, 0.6) is 0 Å². The number of likely N-dealkylation sites (tertiary alicyclic amines) is 1. The summed E-state index contributed by atoms with van der Waals surface area (Å²) in [7, 11) is -3.36. The highest BCUT2D eigenvalue weighted by molar-refractivity contribution is 7.87. The molecule has 2 aliphatic rings. The van der Waals surface area contributed by atoms with E-state index in [0.29, 0.717) is 24.9 Å². The molecule has 1 N–H and O–H groups in total. The maximum Gasteiger partial charge on any atom is 0.279 e.